The second-order valence-corrected chi connectivity index (χ2v) is 6.15. The van der Waals surface area contributed by atoms with Gasteiger partial charge in [-0.1, -0.05) is 0 Å². The van der Waals surface area contributed by atoms with Crippen molar-refractivity contribution >= 4 is 23.3 Å². The highest BCUT2D eigenvalue weighted by Crippen LogP contribution is 2.40. The minimum absolute atomic E-state index is 0.0696. The van der Waals surface area contributed by atoms with Crippen LogP contribution in [0.5, 0.6) is 0 Å². The third kappa shape index (κ3) is 1.50. The molecule has 0 spiro atoms. The molecule has 0 saturated carbocycles. The summed E-state index contributed by atoms with van der Waals surface area (Å²) in [5.41, 5.74) is 1.02. The van der Waals surface area contributed by atoms with Gasteiger partial charge in [0.1, 0.15) is 6.04 Å². The largest absolute Gasteiger partial charge is 0.379 e. The second kappa shape index (κ2) is 4.05. The molecule has 1 aromatic rings. The molecule has 0 bridgehead atoms. The molecule has 3 amide bonds. The topological polar surface area (TPSA) is 49.9 Å². The molecule has 2 atom stereocenters. The van der Waals surface area contributed by atoms with Gasteiger partial charge in [0.2, 0.25) is 0 Å². The molecule has 4 rings (SSSR count). The van der Waals surface area contributed by atoms with Crippen LogP contribution in [0.1, 0.15) is 22.9 Å². The minimum atomic E-state index is -0.386. The Hall–Kier alpha value is -1.40. The van der Waals surface area contributed by atoms with Crippen LogP contribution in [-0.2, 0) is 16.0 Å². The first kappa shape index (κ1) is 11.4. The quantitative estimate of drug-likeness (QED) is 0.730. The summed E-state index contributed by atoms with van der Waals surface area (Å²) in [7, 11) is 0. The predicted octanol–water partition coefficient (Wildman–Crippen LogP) is 1.40. The fourth-order valence-electron chi connectivity index (χ4n) is 3.21. The van der Waals surface area contributed by atoms with Gasteiger partial charge in [0.25, 0.3) is 5.91 Å². The number of fused-ring (bicyclic) bond motifs is 3. The highest BCUT2D eigenvalue weighted by molar-refractivity contribution is 7.10. The average Bonchev–Trinajstić information content (AvgIpc) is 3.10. The summed E-state index contributed by atoms with van der Waals surface area (Å²) in [6.45, 7) is 1.76. The highest BCUT2D eigenvalue weighted by Gasteiger charge is 2.51. The van der Waals surface area contributed by atoms with Crippen molar-refractivity contribution in [3.63, 3.8) is 0 Å². The van der Waals surface area contributed by atoms with Gasteiger partial charge >= 0.3 is 6.03 Å². The number of imide groups is 1. The molecular weight excluding hydrogens is 264 g/mol. The van der Waals surface area contributed by atoms with Gasteiger partial charge < -0.3 is 9.64 Å². The Morgan fingerprint density at radius 2 is 2.26 bits per heavy atom. The average molecular weight is 278 g/mol. The van der Waals surface area contributed by atoms with Gasteiger partial charge in [-0.15, -0.1) is 11.3 Å². The van der Waals surface area contributed by atoms with Crippen molar-refractivity contribution in [2.24, 2.45) is 0 Å². The predicted molar refractivity (Wildman–Crippen MR) is 68.9 cm³/mol. The first-order valence-corrected chi connectivity index (χ1v) is 7.43. The SMILES string of the molecule is O=C1C2c3ccsc3CCN2C(=O)N1C1CCOC1. The zero-order valence-corrected chi connectivity index (χ0v) is 11.2. The van der Waals surface area contributed by atoms with E-state index in [1.807, 2.05) is 11.4 Å². The molecular formula is C13H14N2O3S. The molecule has 100 valence electrons. The molecule has 5 nitrogen and oxygen atoms in total. The Morgan fingerprint density at radius 3 is 3.05 bits per heavy atom. The molecule has 6 heteroatoms. The standard InChI is InChI=1S/C13H14N2O3S/c16-12-11-9-3-6-19-10(9)1-4-14(11)13(17)15(12)8-2-5-18-7-8/h3,6,8,11H,1-2,4-5,7H2. The number of carbonyl (C=O) groups is 2. The van der Waals surface area contributed by atoms with Crippen LogP contribution in [-0.4, -0.2) is 47.5 Å². The van der Waals surface area contributed by atoms with E-state index in [0.717, 1.165) is 18.4 Å². The maximum Gasteiger partial charge on any atom is 0.328 e. The van der Waals surface area contributed by atoms with Crippen molar-refractivity contribution < 1.29 is 14.3 Å². The summed E-state index contributed by atoms with van der Waals surface area (Å²) in [5.74, 6) is -0.0696. The molecule has 2 saturated heterocycles. The second-order valence-electron chi connectivity index (χ2n) is 5.15. The van der Waals surface area contributed by atoms with Crippen molar-refractivity contribution in [2.75, 3.05) is 19.8 Å². The lowest BCUT2D eigenvalue weighted by atomic mass is 10.0. The fourth-order valence-corrected chi connectivity index (χ4v) is 4.12. The smallest absolute Gasteiger partial charge is 0.328 e. The van der Waals surface area contributed by atoms with Gasteiger partial charge in [-0.3, -0.25) is 9.69 Å². The van der Waals surface area contributed by atoms with Crippen LogP contribution in [0.25, 0.3) is 0 Å². The molecule has 2 unspecified atom stereocenters. The molecule has 1 aromatic heterocycles. The summed E-state index contributed by atoms with van der Waals surface area (Å²) in [6, 6.07) is 1.38. The number of urea groups is 1. The zero-order chi connectivity index (χ0) is 13.0. The van der Waals surface area contributed by atoms with Crippen LogP contribution in [0.4, 0.5) is 4.79 Å². The monoisotopic (exact) mass is 278 g/mol. The van der Waals surface area contributed by atoms with Crippen molar-refractivity contribution in [3.8, 4) is 0 Å². The Kier molecular flexibility index (Phi) is 2.43. The van der Waals surface area contributed by atoms with Gasteiger partial charge in [0.05, 0.1) is 12.6 Å². The van der Waals surface area contributed by atoms with E-state index < -0.39 is 0 Å². The lowest BCUT2D eigenvalue weighted by Crippen LogP contribution is -2.41. The van der Waals surface area contributed by atoms with E-state index in [9.17, 15) is 9.59 Å². The molecule has 0 aliphatic carbocycles. The van der Waals surface area contributed by atoms with E-state index in [0.29, 0.717) is 19.8 Å². The van der Waals surface area contributed by atoms with Crippen molar-refractivity contribution in [2.45, 2.75) is 24.9 Å². The molecule has 19 heavy (non-hydrogen) atoms. The number of ether oxygens (including phenoxy) is 1. The van der Waals surface area contributed by atoms with Crippen LogP contribution in [0.2, 0.25) is 0 Å². The third-order valence-electron chi connectivity index (χ3n) is 4.16. The molecule has 0 radical (unpaired) electrons. The van der Waals surface area contributed by atoms with Gasteiger partial charge in [-0.2, -0.15) is 0 Å². The highest BCUT2D eigenvalue weighted by atomic mass is 32.1. The van der Waals surface area contributed by atoms with Gasteiger partial charge in [0.15, 0.2) is 0 Å². The molecule has 0 aromatic carbocycles. The van der Waals surface area contributed by atoms with Crippen molar-refractivity contribution in [1.82, 2.24) is 9.80 Å². The summed E-state index contributed by atoms with van der Waals surface area (Å²) in [5, 5.41) is 2.01. The first-order chi connectivity index (χ1) is 9.27. The molecule has 3 aliphatic heterocycles. The summed E-state index contributed by atoms with van der Waals surface area (Å²) in [4.78, 5) is 29.5. The lowest BCUT2D eigenvalue weighted by molar-refractivity contribution is -0.130. The molecule has 3 aliphatic rings. The van der Waals surface area contributed by atoms with Crippen LogP contribution >= 0.6 is 11.3 Å². The van der Waals surface area contributed by atoms with E-state index in [4.69, 9.17) is 4.74 Å². The van der Waals surface area contributed by atoms with Gasteiger partial charge in [-0.25, -0.2) is 4.79 Å². The lowest BCUT2D eigenvalue weighted by Gasteiger charge is -2.26. The minimum Gasteiger partial charge on any atom is -0.379 e. The van der Waals surface area contributed by atoms with Crippen LogP contribution in [0, 0.1) is 0 Å². The Labute approximate surface area is 114 Å². The Morgan fingerprint density at radius 1 is 1.37 bits per heavy atom. The number of amides is 3. The summed E-state index contributed by atoms with van der Waals surface area (Å²) < 4.78 is 5.31. The maximum absolute atomic E-state index is 12.6. The summed E-state index contributed by atoms with van der Waals surface area (Å²) >= 11 is 1.68. The zero-order valence-electron chi connectivity index (χ0n) is 10.4. The molecule has 4 heterocycles. The van der Waals surface area contributed by atoms with Crippen molar-refractivity contribution in [1.29, 1.82) is 0 Å². The summed E-state index contributed by atoms with van der Waals surface area (Å²) in [6.07, 6.45) is 1.62. The van der Waals surface area contributed by atoms with E-state index in [2.05, 4.69) is 0 Å². The van der Waals surface area contributed by atoms with Gasteiger partial charge in [0, 0.05) is 18.0 Å². The number of rotatable bonds is 1. The number of thiophene rings is 1. The Balaban J connectivity index is 1.73. The number of hydrogen-bond acceptors (Lipinski definition) is 4. The van der Waals surface area contributed by atoms with E-state index in [1.165, 1.54) is 9.78 Å². The van der Waals surface area contributed by atoms with Gasteiger partial charge in [-0.05, 0) is 29.9 Å². The number of nitrogens with zero attached hydrogens (tertiary/aromatic N) is 2. The van der Waals surface area contributed by atoms with Crippen LogP contribution < -0.4 is 0 Å². The normalized spacial score (nSPS) is 29.9. The molecule has 0 N–H and O–H groups in total. The first-order valence-electron chi connectivity index (χ1n) is 6.55. The van der Waals surface area contributed by atoms with Crippen LogP contribution in [0.3, 0.4) is 0 Å². The van der Waals surface area contributed by atoms with E-state index >= 15 is 0 Å². The van der Waals surface area contributed by atoms with Crippen LogP contribution in [0.15, 0.2) is 11.4 Å². The number of carbonyl (C=O) groups excluding carboxylic acids is 2. The fraction of sp³-hybridized carbons (Fsp3) is 0.538. The third-order valence-corrected chi connectivity index (χ3v) is 5.16. The van der Waals surface area contributed by atoms with E-state index in [-0.39, 0.29) is 24.0 Å². The number of hydrogen-bond donors (Lipinski definition) is 0. The molecule has 2 fully saturated rings. The van der Waals surface area contributed by atoms with Crippen molar-refractivity contribution in [3.05, 3.63) is 21.9 Å². The maximum atomic E-state index is 12.6. The van der Waals surface area contributed by atoms with E-state index in [1.54, 1.807) is 16.2 Å². The Bertz CT molecular complexity index is 550.